The third-order valence-electron chi connectivity index (χ3n) is 6.95. The van der Waals surface area contributed by atoms with Gasteiger partial charge in [-0.1, -0.05) is 58.0 Å². The Morgan fingerprint density at radius 1 is 0.906 bits per heavy atom. The number of aliphatic hydroxyl groups excluding tert-OH is 3. The number of hydrogen-bond acceptors (Lipinski definition) is 4. The molecule has 1 unspecified atom stereocenters. The van der Waals surface area contributed by atoms with E-state index in [0.29, 0.717) is 0 Å². The van der Waals surface area contributed by atoms with Crippen LogP contribution in [0.2, 0.25) is 0 Å². The molecule has 0 amide bonds. The van der Waals surface area contributed by atoms with E-state index < -0.39 is 6.10 Å². The average Bonchev–Trinajstić information content (AvgIpc) is 2.78. The summed E-state index contributed by atoms with van der Waals surface area (Å²) >= 11 is 0. The molecule has 0 bridgehead atoms. The number of benzene rings is 2. The van der Waals surface area contributed by atoms with Crippen LogP contribution >= 0.6 is 0 Å². The van der Waals surface area contributed by atoms with E-state index >= 15 is 0 Å². The summed E-state index contributed by atoms with van der Waals surface area (Å²) in [6, 6.07) is 13.1. The van der Waals surface area contributed by atoms with E-state index in [0.717, 1.165) is 37.0 Å². The maximum Gasteiger partial charge on any atom is 0.122 e. The van der Waals surface area contributed by atoms with E-state index in [1.807, 2.05) is 13.0 Å². The monoisotopic (exact) mass is 442 g/mol. The lowest BCUT2D eigenvalue weighted by molar-refractivity contribution is 0.0534. The van der Waals surface area contributed by atoms with E-state index in [1.165, 1.54) is 22.3 Å². The third-order valence-corrected chi connectivity index (χ3v) is 6.95. The van der Waals surface area contributed by atoms with E-state index in [2.05, 4.69) is 65.0 Å². The summed E-state index contributed by atoms with van der Waals surface area (Å²) in [5.74, 6) is 1.02. The Hall–Kier alpha value is -1.88. The summed E-state index contributed by atoms with van der Waals surface area (Å²) in [6.07, 6.45) is 2.51. The van der Waals surface area contributed by atoms with Gasteiger partial charge in [0.05, 0.1) is 12.7 Å². The minimum atomic E-state index is -0.873. The molecule has 2 aromatic carbocycles. The van der Waals surface area contributed by atoms with Crippen molar-refractivity contribution in [2.75, 3.05) is 13.2 Å². The van der Waals surface area contributed by atoms with Crippen LogP contribution < -0.4 is 4.74 Å². The van der Waals surface area contributed by atoms with Gasteiger partial charge in [0.2, 0.25) is 0 Å². The number of rotatable bonds is 12. The molecule has 0 aromatic heterocycles. The van der Waals surface area contributed by atoms with Gasteiger partial charge in [-0.25, -0.2) is 0 Å². The standard InChI is InChI=1S/C28H42O4/c1-7-28(8-2,24-12-14-27(21(6)16-24)32-18-25(30)17-29)23-11-9-22(20(5)15-23)10-13-26(31)19(3)4/h9,11-12,14-16,19,25-26,29-31H,7-8,10,13,17-18H2,1-6H3/t25-,26?/m0/s1. The Kier molecular flexibility index (Phi) is 9.75. The van der Waals surface area contributed by atoms with Crippen LogP contribution in [-0.2, 0) is 11.8 Å². The van der Waals surface area contributed by atoms with Crippen molar-refractivity contribution in [1.29, 1.82) is 0 Å². The molecule has 0 saturated heterocycles. The molecule has 0 heterocycles. The lowest BCUT2D eigenvalue weighted by Gasteiger charge is -2.34. The Labute approximate surface area is 194 Å². The molecule has 4 nitrogen and oxygen atoms in total. The van der Waals surface area contributed by atoms with Crippen molar-refractivity contribution >= 4 is 0 Å². The van der Waals surface area contributed by atoms with Gasteiger partial charge < -0.3 is 20.1 Å². The van der Waals surface area contributed by atoms with Crippen LogP contribution in [-0.4, -0.2) is 40.7 Å². The maximum absolute atomic E-state index is 10.2. The van der Waals surface area contributed by atoms with Crippen molar-refractivity contribution in [3.8, 4) is 5.75 Å². The number of aryl methyl sites for hydroxylation is 3. The highest BCUT2D eigenvalue weighted by molar-refractivity contribution is 5.47. The highest BCUT2D eigenvalue weighted by Gasteiger charge is 2.31. The normalized spacial score (nSPS) is 13.9. The van der Waals surface area contributed by atoms with Gasteiger partial charge in [0.1, 0.15) is 18.5 Å². The van der Waals surface area contributed by atoms with Crippen molar-refractivity contribution in [2.45, 2.75) is 84.8 Å². The van der Waals surface area contributed by atoms with Gasteiger partial charge in [0, 0.05) is 5.41 Å². The maximum atomic E-state index is 10.2. The molecule has 0 radical (unpaired) electrons. The molecule has 178 valence electrons. The molecule has 0 spiro atoms. The minimum Gasteiger partial charge on any atom is -0.491 e. The highest BCUT2D eigenvalue weighted by atomic mass is 16.5. The van der Waals surface area contributed by atoms with Crippen molar-refractivity contribution in [2.24, 2.45) is 5.92 Å². The molecule has 32 heavy (non-hydrogen) atoms. The molecule has 3 N–H and O–H groups in total. The van der Waals surface area contributed by atoms with Gasteiger partial charge in [-0.3, -0.25) is 0 Å². The fourth-order valence-corrected chi connectivity index (χ4v) is 4.49. The van der Waals surface area contributed by atoms with Crippen molar-refractivity contribution in [3.05, 3.63) is 64.2 Å². The Morgan fingerprint density at radius 2 is 1.50 bits per heavy atom. The molecule has 0 aliphatic heterocycles. The van der Waals surface area contributed by atoms with Gasteiger partial charge in [0.25, 0.3) is 0 Å². The van der Waals surface area contributed by atoms with Gasteiger partial charge in [-0.05, 0) is 79.3 Å². The number of ether oxygens (including phenoxy) is 1. The number of aliphatic hydroxyl groups is 3. The zero-order valence-electron chi connectivity index (χ0n) is 20.7. The van der Waals surface area contributed by atoms with Crippen LogP contribution in [0.25, 0.3) is 0 Å². The van der Waals surface area contributed by atoms with E-state index in [1.54, 1.807) is 0 Å². The summed E-state index contributed by atoms with van der Waals surface area (Å²) in [5.41, 5.74) is 6.09. The number of hydrogen-bond donors (Lipinski definition) is 3. The van der Waals surface area contributed by atoms with Crippen LogP contribution in [0, 0.1) is 19.8 Å². The Balaban J connectivity index is 2.31. The van der Waals surface area contributed by atoms with E-state index in [9.17, 15) is 10.2 Å². The fraction of sp³-hybridized carbons (Fsp3) is 0.571. The first kappa shape index (κ1) is 26.4. The Morgan fingerprint density at radius 3 is 2.00 bits per heavy atom. The highest BCUT2D eigenvalue weighted by Crippen LogP contribution is 2.41. The van der Waals surface area contributed by atoms with Gasteiger partial charge in [-0.15, -0.1) is 0 Å². The second-order valence-corrected chi connectivity index (χ2v) is 9.41. The summed E-state index contributed by atoms with van der Waals surface area (Å²) in [5, 5.41) is 28.8. The van der Waals surface area contributed by atoms with Crippen molar-refractivity contribution < 1.29 is 20.1 Å². The largest absolute Gasteiger partial charge is 0.491 e. The van der Waals surface area contributed by atoms with Crippen LogP contribution in [0.5, 0.6) is 5.75 Å². The second-order valence-electron chi connectivity index (χ2n) is 9.41. The smallest absolute Gasteiger partial charge is 0.122 e. The van der Waals surface area contributed by atoms with Crippen LogP contribution in [0.1, 0.15) is 74.8 Å². The first-order chi connectivity index (χ1) is 15.2. The predicted molar refractivity (Wildman–Crippen MR) is 131 cm³/mol. The Bertz CT molecular complexity index is 855. The lowest BCUT2D eigenvalue weighted by atomic mass is 9.69. The van der Waals surface area contributed by atoms with Crippen LogP contribution in [0.4, 0.5) is 0 Å². The molecule has 2 aromatic rings. The summed E-state index contributed by atoms with van der Waals surface area (Å²) in [4.78, 5) is 0. The van der Waals surface area contributed by atoms with Crippen molar-refractivity contribution in [1.82, 2.24) is 0 Å². The molecular formula is C28H42O4. The molecule has 4 heteroatoms. The zero-order chi connectivity index (χ0) is 23.9. The van der Waals surface area contributed by atoms with Gasteiger partial charge in [-0.2, -0.15) is 0 Å². The van der Waals surface area contributed by atoms with E-state index in [4.69, 9.17) is 9.84 Å². The quantitative estimate of drug-likeness (QED) is 0.428. The van der Waals surface area contributed by atoms with Crippen LogP contribution in [0.15, 0.2) is 36.4 Å². The molecular weight excluding hydrogens is 400 g/mol. The minimum absolute atomic E-state index is 0.0789. The molecule has 0 aliphatic rings. The van der Waals surface area contributed by atoms with Crippen LogP contribution in [0.3, 0.4) is 0 Å². The lowest BCUT2D eigenvalue weighted by Crippen LogP contribution is -2.27. The predicted octanol–water partition coefficient (Wildman–Crippen LogP) is 5.09. The average molecular weight is 443 g/mol. The molecule has 0 aliphatic carbocycles. The first-order valence-corrected chi connectivity index (χ1v) is 12.0. The molecule has 0 fully saturated rings. The van der Waals surface area contributed by atoms with E-state index in [-0.39, 0.29) is 30.7 Å². The first-order valence-electron chi connectivity index (χ1n) is 12.0. The van der Waals surface area contributed by atoms with Gasteiger partial charge in [0.15, 0.2) is 0 Å². The summed E-state index contributed by atoms with van der Waals surface area (Å²) in [6.45, 7) is 12.6. The summed E-state index contributed by atoms with van der Waals surface area (Å²) in [7, 11) is 0. The fourth-order valence-electron chi connectivity index (χ4n) is 4.49. The SMILES string of the molecule is CCC(CC)(c1ccc(CCC(O)C(C)C)c(C)c1)c1ccc(OC[C@@H](O)CO)c(C)c1. The zero-order valence-corrected chi connectivity index (χ0v) is 20.7. The topological polar surface area (TPSA) is 69.9 Å². The third kappa shape index (κ3) is 6.12. The second kappa shape index (κ2) is 11.8. The molecule has 2 rings (SSSR count). The van der Waals surface area contributed by atoms with Crippen molar-refractivity contribution in [3.63, 3.8) is 0 Å². The molecule has 2 atom stereocenters. The molecule has 0 saturated carbocycles. The van der Waals surface area contributed by atoms with Gasteiger partial charge >= 0.3 is 0 Å². The summed E-state index contributed by atoms with van der Waals surface area (Å²) < 4.78 is 5.70.